The molecular weight excluding hydrogens is 478 g/mol. The SMILES string of the molecule is CN(Cc1cn(S(=O)(=O)c2cccnc2Cl)c(-c2cccnc2F)c1F)C(=O)OC(C)(C)C. The van der Waals surface area contributed by atoms with Crippen LogP contribution in [0.4, 0.5) is 13.6 Å². The maximum Gasteiger partial charge on any atom is 0.410 e. The van der Waals surface area contributed by atoms with E-state index in [1.165, 1.54) is 37.5 Å². The van der Waals surface area contributed by atoms with Gasteiger partial charge in [-0.25, -0.2) is 31.5 Å². The van der Waals surface area contributed by atoms with E-state index in [-0.39, 0.29) is 22.8 Å². The Hall–Kier alpha value is -3.05. The number of carbonyl (C=O) groups excluding carboxylic acids is 1. The Labute approximate surface area is 194 Å². The standard InChI is InChI=1S/C21H21ClF2N4O4S/c1-21(2,3)32-20(29)27(4)11-13-12-28(33(30,31)15-8-6-9-25-18(15)22)17(16(13)23)14-7-5-10-26-19(14)24/h5-10,12H,11H2,1-4H3. The smallest absolute Gasteiger partial charge is 0.410 e. The Balaban J connectivity index is 2.17. The first-order chi connectivity index (χ1) is 15.3. The summed E-state index contributed by atoms with van der Waals surface area (Å²) >= 11 is 5.97. The van der Waals surface area contributed by atoms with Crippen molar-refractivity contribution in [1.82, 2.24) is 18.8 Å². The predicted octanol–water partition coefficient (Wildman–Crippen LogP) is 4.48. The van der Waals surface area contributed by atoms with Crippen molar-refractivity contribution in [3.8, 4) is 11.3 Å². The molecule has 0 spiro atoms. The molecule has 0 unspecified atom stereocenters. The van der Waals surface area contributed by atoms with Crippen LogP contribution in [0.5, 0.6) is 0 Å². The van der Waals surface area contributed by atoms with Crippen LogP contribution in [-0.4, -0.2) is 46.0 Å². The maximum atomic E-state index is 15.6. The zero-order valence-corrected chi connectivity index (χ0v) is 19.8. The van der Waals surface area contributed by atoms with Crippen molar-refractivity contribution in [2.45, 2.75) is 37.8 Å². The Kier molecular flexibility index (Phi) is 6.75. The summed E-state index contributed by atoms with van der Waals surface area (Å²) in [6.07, 6.45) is 2.66. The van der Waals surface area contributed by atoms with E-state index >= 15 is 4.39 Å². The van der Waals surface area contributed by atoms with Gasteiger partial charge >= 0.3 is 6.09 Å². The zero-order chi connectivity index (χ0) is 24.6. The number of nitrogens with zero attached hydrogens (tertiary/aromatic N) is 4. The minimum Gasteiger partial charge on any atom is -0.444 e. The fourth-order valence-corrected chi connectivity index (χ4v) is 4.77. The molecule has 3 rings (SSSR count). The second-order valence-corrected chi connectivity index (χ2v) is 10.2. The summed E-state index contributed by atoms with van der Waals surface area (Å²) in [6, 6.07) is 5.07. The summed E-state index contributed by atoms with van der Waals surface area (Å²) in [5.41, 5.74) is -1.96. The number of aromatic nitrogens is 3. The molecule has 0 aliphatic carbocycles. The summed E-state index contributed by atoms with van der Waals surface area (Å²) in [5, 5.41) is -0.336. The maximum absolute atomic E-state index is 15.6. The fourth-order valence-electron chi connectivity index (χ4n) is 2.94. The molecule has 8 nitrogen and oxygen atoms in total. The van der Waals surface area contributed by atoms with Crippen LogP contribution < -0.4 is 0 Å². The van der Waals surface area contributed by atoms with Gasteiger partial charge < -0.3 is 9.64 Å². The Morgan fingerprint density at radius 3 is 2.42 bits per heavy atom. The predicted molar refractivity (Wildman–Crippen MR) is 117 cm³/mol. The Bertz CT molecular complexity index is 1310. The zero-order valence-electron chi connectivity index (χ0n) is 18.2. The Morgan fingerprint density at radius 2 is 1.82 bits per heavy atom. The first-order valence-electron chi connectivity index (χ1n) is 9.63. The van der Waals surface area contributed by atoms with Crippen molar-refractivity contribution < 1.29 is 26.7 Å². The molecule has 0 bridgehead atoms. The van der Waals surface area contributed by atoms with Gasteiger partial charge in [0.2, 0.25) is 5.95 Å². The largest absolute Gasteiger partial charge is 0.444 e. The van der Waals surface area contributed by atoms with Crippen LogP contribution >= 0.6 is 11.6 Å². The minimum absolute atomic E-state index is 0.190. The summed E-state index contributed by atoms with van der Waals surface area (Å²) in [4.78, 5) is 20.2. The van der Waals surface area contributed by atoms with Gasteiger partial charge in [-0.2, -0.15) is 4.39 Å². The number of hydrogen-bond acceptors (Lipinski definition) is 6. The molecule has 0 aromatic carbocycles. The molecule has 3 aromatic heterocycles. The molecule has 0 N–H and O–H groups in total. The molecule has 0 saturated heterocycles. The lowest BCUT2D eigenvalue weighted by Gasteiger charge is -2.24. The lowest BCUT2D eigenvalue weighted by molar-refractivity contribution is 0.0284. The second-order valence-electron chi connectivity index (χ2n) is 8.09. The molecule has 1 amide bonds. The first-order valence-corrected chi connectivity index (χ1v) is 11.5. The van der Waals surface area contributed by atoms with Crippen molar-refractivity contribution in [2.24, 2.45) is 0 Å². The van der Waals surface area contributed by atoms with E-state index in [9.17, 15) is 17.6 Å². The highest BCUT2D eigenvalue weighted by Crippen LogP contribution is 2.33. The van der Waals surface area contributed by atoms with Gasteiger partial charge in [-0.05, 0) is 45.0 Å². The number of ether oxygens (including phenoxy) is 1. The third kappa shape index (κ3) is 5.14. The molecule has 0 aliphatic rings. The van der Waals surface area contributed by atoms with E-state index in [4.69, 9.17) is 16.3 Å². The van der Waals surface area contributed by atoms with Crippen LogP contribution in [0.15, 0.2) is 47.8 Å². The molecule has 0 aliphatic heterocycles. The molecule has 176 valence electrons. The molecule has 3 heterocycles. The van der Waals surface area contributed by atoms with Gasteiger partial charge in [0.05, 0.1) is 12.1 Å². The number of rotatable bonds is 5. The van der Waals surface area contributed by atoms with Gasteiger partial charge in [-0.3, -0.25) is 0 Å². The normalized spacial score (nSPS) is 12.0. The van der Waals surface area contributed by atoms with Crippen LogP contribution in [-0.2, 0) is 21.3 Å². The number of pyridine rings is 2. The molecule has 12 heteroatoms. The highest BCUT2D eigenvalue weighted by atomic mass is 35.5. The molecule has 0 fully saturated rings. The monoisotopic (exact) mass is 498 g/mol. The fraction of sp³-hybridized carbons (Fsp3) is 0.286. The van der Waals surface area contributed by atoms with E-state index in [0.717, 1.165) is 17.3 Å². The number of amides is 1. The highest BCUT2D eigenvalue weighted by Gasteiger charge is 2.31. The van der Waals surface area contributed by atoms with Gasteiger partial charge in [0.1, 0.15) is 21.3 Å². The van der Waals surface area contributed by atoms with Gasteiger partial charge in [0, 0.05) is 31.2 Å². The van der Waals surface area contributed by atoms with Crippen LogP contribution in [0.3, 0.4) is 0 Å². The van der Waals surface area contributed by atoms with Gasteiger partial charge in [-0.1, -0.05) is 11.6 Å². The van der Waals surface area contributed by atoms with Crippen LogP contribution in [0.25, 0.3) is 11.3 Å². The lowest BCUT2D eigenvalue weighted by atomic mass is 10.1. The van der Waals surface area contributed by atoms with E-state index in [0.29, 0.717) is 3.97 Å². The Morgan fingerprint density at radius 1 is 1.18 bits per heavy atom. The second kappa shape index (κ2) is 9.06. The van der Waals surface area contributed by atoms with E-state index < -0.39 is 44.1 Å². The molecule has 0 saturated carbocycles. The average Bonchev–Trinajstić information content (AvgIpc) is 3.04. The topological polar surface area (TPSA) is 94.4 Å². The number of hydrogen-bond donors (Lipinski definition) is 0. The summed E-state index contributed by atoms with van der Waals surface area (Å²) in [5.74, 6) is -2.11. The lowest BCUT2D eigenvalue weighted by Crippen LogP contribution is -2.33. The average molecular weight is 499 g/mol. The van der Waals surface area contributed by atoms with Crippen LogP contribution in [0.2, 0.25) is 5.15 Å². The van der Waals surface area contributed by atoms with Crippen molar-refractivity contribution in [3.05, 3.63) is 65.3 Å². The number of carbonyl (C=O) groups is 1. The quantitative estimate of drug-likeness (QED) is 0.481. The first kappa shape index (κ1) is 24.6. The van der Waals surface area contributed by atoms with Crippen molar-refractivity contribution in [1.29, 1.82) is 0 Å². The third-order valence-electron chi connectivity index (χ3n) is 4.37. The molecular formula is C21H21ClF2N4O4S. The highest BCUT2D eigenvalue weighted by molar-refractivity contribution is 7.90. The van der Waals surface area contributed by atoms with E-state index in [2.05, 4.69) is 9.97 Å². The summed E-state index contributed by atoms with van der Waals surface area (Å²) in [7, 11) is -3.14. The molecule has 0 atom stereocenters. The van der Waals surface area contributed by atoms with Crippen molar-refractivity contribution in [3.63, 3.8) is 0 Å². The summed E-state index contributed by atoms with van der Waals surface area (Å²) in [6.45, 7) is 4.66. The third-order valence-corrected chi connectivity index (χ3v) is 6.48. The van der Waals surface area contributed by atoms with Gasteiger partial charge in [-0.15, -0.1) is 0 Å². The van der Waals surface area contributed by atoms with E-state index in [1.807, 2.05) is 0 Å². The molecule has 0 radical (unpaired) electrons. The number of halogens is 3. The van der Waals surface area contributed by atoms with Crippen molar-refractivity contribution in [2.75, 3.05) is 7.05 Å². The van der Waals surface area contributed by atoms with Crippen molar-refractivity contribution >= 4 is 27.7 Å². The molecule has 3 aromatic rings. The van der Waals surface area contributed by atoms with Crippen LogP contribution in [0.1, 0.15) is 26.3 Å². The van der Waals surface area contributed by atoms with E-state index in [1.54, 1.807) is 20.8 Å². The molecule has 33 heavy (non-hydrogen) atoms. The summed E-state index contributed by atoms with van der Waals surface area (Å²) < 4.78 is 62.6. The van der Waals surface area contributed by atoms with Gasteiger partial charge in [0.15, 0.2) is 5.82 Å². The minimum atomic E-state index is -4.50. The van der Waals surface area contributed by atoms with Gasteiger partial charge in [0.25, 0.3) is 10.0 Å². The van der Waals surface area contributed by atoms with Crippen LogP contribution in [0, 0.1) is 11.8 Å².